The van der Waals surface area contributed by atoms with Gasteiger partial charge in [0.2, 0.25) is 0 Å². The fourth-order valence-corrected chi connectivity index (χ4v) is 3.45. The predicted molar refractivity (Wildman–Crippen MR) is 133 cm³/mol. The first-order valence-corrected chi connectivity index (χ1v) is 11.0. The van der Waals surface area contributed by atoms with Crippen LogP contribution in [0.4, 0.5) is 22.1 Å². The number of nitrogens with one attached hydrogen (secondary N) is 2. The Kier molecular flexibility index (Phi) is 6.23. The molecule has 1 aromatic carbocycles. The molecule has 0 spiro atoms. The number of nitrogens with zero attached hydrogens (tertiary/aromatic N) is 4. The Morgan fingerprint density at radius 3 is 2.59 bits per heavy atom. The van der Waals surface area contributed by atoms with Gasteiger partial charge in [0.05, 0.1) is 11.9 Å². The van der Waals surface area contributed by atoms with E-state index in [2.05, 4.69) is 37.6 Å². The van der Waals surface area contributed by atoms with Crippen LogP contribution in [-0.4, -0.2) is 25.7 Å². The molecule has 0 saturated heterocycles. The van der Waals surface area contributed by atoms with Crippen molar-refractivity contribution in [1.29, 1.82) is 0 Å². The molecule has 0 unspecified atom stereocenters. The molecule has 2 amide bonds. The quantitative estimate of drug-likeness (QED) is 0.370. The van der Waals surface area contributed by atoms with Gasteiger partial charge in [-0.25, -0.2) is 14.8 Å². The molecule has 4 aromatic rings. The van der Waals surface area contributed by atoms with Crippen LogP contribution in [0.1, 0.15) is 39.9 Å². The number of aromatic nitrogens is 4. The maximum atomic E-state index is 12.4. The van der Waals surface area contributed by atoms with E-state index in [1.807, 2.05) is 62.7 Å². The van der Waals surface area contributed by atoms with Gasteiger partial charge in [0.15, 0.2) is 5.82 Å². The molecule has 9 heteroatoms. The molecule has 3 heterocycles. The smallest absolute Gasteiger partial charge is 0.324 e. The van der Waals surface area contributed by atoms with Crippen LogP contribution in [-0.2, 0) is 12.0 Å². The van der Waals surface area contributed by atoms with Crippen LogP contribution in [0.3, 0.4) is 0 Å². The number of fused-ring (bicyclic) bond motifs is 1. The van der Waals surface area contributed by atoms with Crippen LogP contribution in [0, 0.1) is 11.8 Å². The summed E-state index contributed by atoms with van der Waals surface area (Å²) in [6.07, 6.45) is 4.22. The highest BCUT2D eigenvalue weighted by atomic mass is 16.5. The summed E-state index contributed by atoms with van der Waals surface area (Å²) in [6, 6.07) is 8.76. The first-order valence-electron chi connectivity index (χ1n) is 11.0. The number of hydrogen-bond acceptors (Lipinski definition) is 6. The van der Waals surface area contributed by atoms with Crippen molar-refractivity contribution in [3.05, 3.63) is 48.6 Å². The first kappa shape index (κ1) is 22.9. The van der Waals surface area contributed by atoms with Crippen molar-refractivity contribution < 1.29 is 9.32 Å². The van der Waals surface area contributed by atoms with E-state index in [1.165, 1.54) is 6.33 Å². The maximum Gasteiger partial charge on any atom is 0.324 e. The Bertz CT molecular complexity index is 1380. The first-order chi connectivity index (χ1) is 16.3. The van der Waals surface area contributed by atoms with Gasteiger partial charge >= 0.3 is 6.03 Å². The average molecular weight is 458 g/mol. The molecule has 0 aliphatic rings. The number of hydrogen-bond donors (Lipinski definition) is 3. The number of anilines is 3. The topological polar surface area (TPSA) is 124 Å². The van der Waals surface area contributed by atoms with Crippen LogP contribution in [0.2, 0.25) is 0 Å². The van der Waals surface area contributed by atoms with E-state index in [0.717, 1.165) is 28.6 Å². The predicted octanol–water partition coefficient (Wildman–Crippen LogP) is 5.02. The fraction of sp³-hybridized carbons (Fsp3) is 0.280. The van der Waals surface area contributed by atoms with Crippen molar-refractivity contribution in [3.8, 4) is 23.0 Å². The van der Waals surface area contributed by atoms with E-state index in [0.29, 0.717) is 29.6 Å². The second kappa shape index (κ2) is 9.27. The van der Waals surface area contributed by atoms with Gasteiger partial charge in [-0.2, -0.15) is 0 Å². The largest absolute Gasteiger partial charge is 0.383 e. The molecule has 0 fully saturated rings. The van der Waals surface area contributed by atoms with Crippen LogP contribution >= 0.6 is 0 Å². The minimum absolute atomic E-state index is 0.195. The summed E-state index contributed by atoms with van der Waals surface area (Å²) >= 11 is 0. The van der Waals surface area contributed by atoms with Gasteiger partial charge in [-0.3, -0.25) is 5.32 Å². The zero-order chi connectivity index (χ0) is 24.3. The fourth-order valence-electron chi connectivity index (χ4n) is 3.45. The molecule has 4 N–H and O–H groups in total. The Morgan fingerprint density at radius 1 is 1.15 bits per heavy atom. The van der Waals surface area contributed by atoms with Crippen LogP contribution in [0.25, 0.3) is 22.2 Å². The van der Waals surface area contributed by atoms with Crippen LogP contribution in [0.15, 0.2) is 47.4 Å². The van der Waals surface area contributed by atoms with Gasteiger partial charge in [-0.1, -0.05) is 50.9 Å². The molecular formula is C25H27N7O2. The third kappa shape index (κ3) is 4.86. The minimum Gasteiger partial charge on any atom is -0.383 e. The van der Waals surface area contributed by atoms with Crippen molar-refractivity contribution in [3.63, 3.8) is 0 Å². The lowest BCUT2D eigenvalue weighted by atomic mass is 9.93. The summed E-state index contributed by atoms with van der Waals surface area (Å²) in [5.74, 6) is 7.66. The molecule has 0 bridgehead atoms. The number of carbonyl (C=O) groups excluding carboxylic acids is 1. The van der Waals surface area contributed by atoms with Crippen molar-refractivity contribution in [1.82, 2.24) is 19.7 Å². The van der Waals surface area contributed by atoms with Gasteiger partial charge in [0.25, 0.3) is 0 Å². The lowest BCUT2D eigenvalue weighted by Gasteiger charge is -2.12. The molecular weight excluding hydrogens is 430 g/mol. The zero-order valence-corrected chi connectivity index (χ0v) is 19.6. The van der Waals surface area contributed by atoms with E-state index >= 15 is 0 Å². The molecule has 0 radical (unpaired) electrons. The van der Waals surface area contributed by atoms with Crippen LogP contribution in [0.5, 0.6) is 0 Å². The molecule has 3 aromatic heterocycles. The molecule has 174 valence electrons. The summed E-state index contributed by atoms with van der Waals surface area (Å²) in [4.78, 5) is 21.0. The second-order valence-electron chi connectivity index (χ2n) is 8.82. The summed E-state index contributed by atoms with van der Waals surface area (Å²) < 4.78 is 7.27. The summed E-state index contributed by atoms with van der Waals surface area (Å²) in [6.45, 7) is 8.55. The lowest BCUT2D eigenvalue weighted by Crippen LogP contribution is -2.19. The minimum atomic E-state index is -0.412. The third-order valence-corrected chi connectivity index (χ3v) is 5.18. The molecule has 34 heavy (non-hydrogen) atoms. The highest BCUT2D eigenvalue weighted by Gasteiger charge is 2.20. The number of carbonyl (C=O) groups is 1. The summed E-state index contributed by atoms with van der Waals surface area (Å²) in [5, 5.41) is 10.2. The Hall–Kier alpha value is -4.32. The Labute approximate surface area is 197 Å². The Balaban J connectivity index is 1.52. The number of amides is 2. The number of nitrogens with two attached hydrogens (primary N) is 1. The molecule has 0 aliphatic carbocycles. The van der Waals surface area contributed by atoms with Gasteiger partial charge < -0.3 is 20.1 Å². The van der Waals surface area contributed by atoms with E-state index in [-0.39, 0.29) is 5.41 Å². The van der Waals surface area contributed by atoms with Gasteiger partial charge in [0, 0.05) is 35.3 Å². The molecule has 0 aliphatic heterocycles. The maximum absolute atomic E-state index is 12.4. The van der Waals surface area contributed by atoms with Crippen molar-refractivity contribution in [2.24, 2.45) is 0 Å². The van der Waals surface area contributed by atoms with Crippen molar-refractivity contribution in [2.75, 3.05) is 16.4 Å². The number of rotatable bonds is 4. The second-order valence-corrected chi connectivity index (χ2v) is 8.82. The number of urea groups is 1. The molecule has 9 nitrogen and oxygen atoms in total. The zero-order valence-electron chi connectivity index (χ0n) is 19.6. The van der Waals surface area contributed by atoms with E-state index in [1.54, 1.807) is 6.07 Å². The van der Waals surface area contributed by atoms with E-state index in [4.69, 9.17) is 10.3 Å². The normalized spacial score (nSPS) is 11.2. The van der Waals surface area contributed by atoms with Gasteiger partial charge in [-0.05, 0) is 17.7 Å². The lowest BCUT2D eigenvalue weighted by molar-refractivity contribution is 0.262. The average Bonchev–Trinajstić information content (AvgIpc) is 3.40. The SMILES string of the molecule is CCC#CCn1cc(-c2ccc(NC(=O)Nc3cc(C(C)(C)C)on3)cc2)c2c(N)ncnc21. The Morgan fingerprint density at radius 2 is 1.91 bits per heavy atom. The third-order valence-electron chi connectivity index (χ3n) is 5.18. The highest BCUT2D eigenvalue weighted by molar-refractivity contribution is 6.02. The van der Waals surface area contributed by atoms with Crippen molar-refractivity contribution >= 4 is 34.4 Å². The summed E-state index contributed by atoms with van der Waals surface area (Å²) in [7, 11) is 0. The molecule has 4 rings (SSSR count). The standard InChI is InChI=1S/C25H27N7O2/c1-5-6-7-12-32-14-18(21-22(26)27-15-28-23(21)32)16-8-10-17(11-9-16)29-24(33)30-20-13-19(34-31-20)25(2,3)4/h8-11,13-15H,5,12H2,1-4H3,(H2,26,27,28)(H2,29,30,31,33). The van der Waals surface area contributed by atoms with E-state index in [9.17, 15) is 4.79 Å². The van der Waals surface area contributed by atoms with Gasteiger partial charge in [0.1, 0.15) is 23.6 Å². The molecule has 0 atom stereocenters. The monoisotopic (exact) mass is 457 g/mol. The summed E-state index contributed by atoms with van der Waals surface area (Å²) in [5.41, 5.74) is 9.17. The number of benzene rings is 1. The highest BCUT2D eigenvalue weighted by Crippen LogP contribution is 2.33. The van der Waals surface area contributed by atoms with Crippen LogP contribution < -0.4 is 16.4 Å². The molecule has 0 saturated carbocycles. The van der Waals surface area contributed by atoms with E-state index < -0.39 is 6.03 Å². The van der Waals surface area contributed by atoms with Gasteiger partial charge in [-0.15, -0.1) is 5.92 Å². The number of nitrogen functional groups attached to an aromatic ring is 1. The van der Waals surface area contributed by atoms with Crippen molar-refractivity contribution in [2.45, 2.75) is 46.1 Å².